The van der Waals surface area contributed by atoms with Crippen LogP contribution in [0.15, 0.2) is 28.8 Å². The third kappa shape index (κ3) is 2.09. The van der Waals surface area contributed by atoms with Crippen molar-refractivity contribution in [2.45, 2.75) is 12.8 Å². The van der Waals surface area contributed by atoms with Crippen LogP contribution in [0.5, 0.6) is 0 Å². The van der Waals surface area contributed by atoms with Crippen molar-refractivity contribution in [3.05, 3.63) is 36.0 Å². The van der Waals surface area contributed by atoms with E-state index >= 15 is 0 Å². The van der Waals surface area contributed by atoms with Gasteiger partial charge in [-0.3, -0.25) is 0 Å². The highest BCUT2D eigenvalue weighted by atomic mass is 19.1. The number of aromatic nitrogens is 2. The lowest BCUT2D eigenvalue weighted by molar-refractivity contribution is 0.361. The number of nitrogens with two attached hydrogens (primary N) is 1. The SMILES string of the molecule is CC(CN)c1nc(-c2ccc(F)cc2)no1. The minimum atomic E-state index is -0.289. The maximum Gasteiger partial charge on any atom is 0.231 e. The van der Waals surface area contributed by atoms with Crippen LogP contribution in [0.25, 0.3) is 11.4 Å². The number of halogens is 1. The van der Waals surface area contributed by atoms with Crippen LogP contribution in [-0.4, -0.2) is 16.7 Å². The zero-order chi connectivity index (χ0) is 11.5. The van der Waals surface area contributed by atoms with Crippen LogP contribution >= 0.6 is 0 Å². The minimum Gasteiger partial charge on any atom is -0.339 e. The lowest BCUT2D eigenvalue weighted by Gasteiger charge is -1.98. The number of nitrogens with zero attached hydrogens (tertiary/aromatic N) is 2. The third-order valence-corrected chi connectivity index (χ3v) is 2.32. The van der Waals surface area contributed by atoms with Crippen molar-refractivity contribution < 1.29 is 8.91 Å². The number of benzene rings is 1. The zero-order valence-electron chi connectivity index (χ0n) is 8.85. The topological polar surface area (TPSA) is 64.9 Å². The van der Waals surface area contributed by atoms with E-state index in [1.165, 1.54) is 12.1 Å². The first-order valence-electron chi connectivity index (χ1n) is 5.00. The van der Waals surface area contributed by atoms with Gasteiger partial charge in [-0.2, -0.15) is 4.98 Å². The predicted molar refractivity (Wildman–Crippen MR) is 57.2 cm³/mol. The summed E-state index contributed by atoms with van der Waals surface area (Å²) in [7, 11) is 0. The van der Waals surface area contributed by atoms with Crippen LogP contribution in [0.4, 0.5) is 4.39 Å². The van der Waals surface area contributed by atoms with Crippen molar-refractivity contribution in [3.63, 3.8) is 0 Å². The van der Waals surface area contributed by atoms with E-state index in [0.29, 0.717) is 18.3 Å². The van der Waals surface area contributed by atoms with Crippen molar-refractivity contribution in [1.82, 2.24) is 10.1 Å². The first kappa shape index (κ1) is 10.8. The fourth-order valence-electron chi connectivity index (χ4n) is 1.25. The summed E-state index contributed by atoms with van der Waals surface area (Å²) in [4.78, 5) is 4.20. The molecule has 0 aliphatic heterocycles. The number of rotatable bonds is 3. The van der Waals surface area contributed by atoms with Crippen molar-refractivity contribution >= 4 is 0 Å². The number of hydrogen-bond acceptors (Lipinski definition) is 4. The van der Waals surface area contributed by atoms with Crippen molar-refractivity contribution in [2.24, 2.45) is 5.73 Å². The Kier molecular flexibility index (Phi) is 2.96. The van der Waals surface area contributed by atoms with E-state index in [4.69, 9.17) is 10.3 Å². The van der Waals surface area contributed by atoms with Crippen LogP contribution in [0.3, 0.4) is 0 Å². The van der Waals surface area contributed by atoms with Gasteiger partial charge in [0.05, 0.1) is 0 Å². The number of hydrogen-bond donors (Lipinski definition) is 1. The second-order valence-electron chi connectivity index (χ2n) is 3.60. The largest absolute Gasteiger partial charge is 0.339 e. The molecular weight excluding hydrogens is 209 g/mol. The molecule has 0 aliphatic carbocycles. The summed E-state index contributed by atoms with van der Waals surface area (Å²) in [6.45, 7) is 2.35. The van der Waals surface area contributed by atoms with Gasteiger partial charge in [0.25, 0.3) is 0 Å². The molecule has 0 saturated heterocycles. The molecule has 0 fully saturated rings. The van der Waals surface area contributed by atoms with E-state index in [-0.39, 0.29) is 11.7 Å². The Morgan fingerprint density at radius 1 is 1.38 bits per heavy atom. The molecule has 1 unspecified atom stereocenters. The maximum atomic E-state index is 12.7. The minimum absolute atomic E-state index is 0.0294. The molecule has 2 aromatic rings. The fraction of sp³-hybridized carbons (Fsp3) is 0.273. The van der Waals surface area contributed by atoms with Crippen LogP contribution < -0.4 is 5.73 Å². The summed E-state index contributed by atoms with van der Waals surface area (Å²) < 4.78 is 17.8. The molecule has 0 aliphatic rings. The smallest absolute Gasteiger partial charge is 0.231 e. The molecule has 5 heteroatoms. The highest BCUT2D eigenvalue weighted by Gasteiger charge is 2.13. The molecule has 1 heterocycles. The van der Waals surface area contributed by atoms with E-state index in [1.807, 2.05) is 6.92 Å². The molecule has 0 bridgehead atoms. The molecular formula is C11H12FN3O. The zero-order valence-corrected chi connectivity index (χ0v) is 8.85. The van der Waals surface area contributed by atoms with Crippen LogP contribution in [-0.2, 0) is 0 Å². The first-order valence-corrected chi connectivity index (χ1v) is 5.00. The van der Waals surface area contributed by atoms with Gasteiger partial charge >= 0.3 is 0 Å². The van der Waals surface area contributed by atoms with Gasteiger partial charge in [0.15, 0.2) is 0 Å². The van der Waals surface area contributed by atoms with Gasteiger partial charge in [0.1, 0.15) is 5.82 Å². The molecule has 16 heavy (non-hydrogen) atoms. The summed E-state index contributed by atoms with van der Waals surface area (Å²) in [6, 6.07) is 5.93. The molecule has 2 rings (SSSR count). The Morgan fingerprint density at radius 2 is 2.06 bits per heavy atom. The summed E-state index contributed by atoms with van der Waals surface area (Å²) in [5.74, 6) is 0.696. The standard InChI is InChI=1S/C11H12FN3O/c1-7(6-13)11-14-10(15-16-11)8-2-4-9(12)5-3-8/h2-5,7H,6,13H2,1H3. The van der Waals surface area contributed by atoms with Gasteiger partial charge in [-0.15, -0.1) is 0 Å². The third-order valence-electron chi connectivity index (χ3n) is 2.32. The molecule has 84 valence electrons. The van der Waals surface area contributed by atoms with E-state index in [2.05, 4.69) is 10.1 Å². The quantitative estimate of drug-likeness (QED) is 0.860. The monoisotopic (exact) mass is 221 g/mol. The van der Waals surface area contributed by atoms with Gasteiger partial charge in [0, 0.05) is 18.0 Å². The van der Waals surface area contributed by atoms with E-state index in [0.717, 1.165) is 5.56 Å². The van der Waals surface area contributed by atoms with Crippen LogP contribution in [0, 0.1) is 5.82 Å². The lowest BCUT2D eigenvalue weighted by Crippen LogP contribution is -2.08. The summed E-state index contributed by atoms with van der Waals surface area (Å²) in [5.41, 5.74) is 6.22. The second-order valence-corrected chi connectivity index (χ2v) is 3.60. The van der Waals surface area contributed by atoms with Crippen LogP contribution in [0.2, 0.25) is 0 Å². The summed E-state index contributed by atoms with van der Waals surface area (Å²) >= 11 is 0. The molecule has 4 nitrogen and oxygen atoms in total. The molecule has 1 aromatic heterocycles. The van der Waals surface area contributed by atoms with E-state index in [9.17, 15) is 4.39 Å². The lowest BCUT2D eigenvalue weighted by atomic mass is 10.2. The van der Waals surface area contributed by atoms with E-state index in [1.54, 1.807) is 12.1 Å². The van der Waals surface area contributed by atoms with Crippen molar-refractivity contribution in [2.75, 3.05) is 6.54 Å². The molecule has 0 amide bonds. The molecule has 0 spiro atoms. The summed E-state index contributed by atoms with van der Waals surface area (Å²) in [5, 5.41) is 3.82. The average Bonchev–Trinajstić information content (AvgIpc) is 2.78. The normalized spacial score (nSPS) is 12.7. The highest BCUT2D eigenvalue weighted by Crippen LogP contribution is 2.19. The summed E-state index contributed by atoms with van der Waals surface area (Å²) in [6.07, 6.45) is 0. The maximum absolute atomic E-state index is 12.7. The second kappa shape index (κ2) is 4.40. The first-order chi connectivity index (χ1) is 7.70. The Bertz CT molecular complexity index is 466. The Morgan fingerprint density at radius 3 is 2.69 bits per heavy atom. The van der Waals surface area contributed by atoms with Gasteiger partial charge in [-0.1, -0.05) is 12.1 Å². The van der Waals surface area contributed by atoms with Gasteiger partial charge < -0.3 is 10.3 Å². The van der Waals surface area contributed by atoms with Crippen LogP contribution in [0.1, 0.15) is 18.7 Å². The Labute approximate surface area is 92.3 Å². The molecule has 0 radical (unpaired) electrons. The predicted octanol–water partition coefficient (Wildman–Crippen LogP) is 1.94. The van der Waals surface area contributed by atoms with E-state index < -0.39 is 0 Å². The van der Waals surface area contributed by atoms with Gasteiger partial charge in [0.2, 0.25) is 11.7 Å². The molecule has 1 aromatic carbocycles. The molecule has 1 atom stereocenters. The van der Waals surface area contributed by atoms with Crippen molar-refractivity contribution in [3.8, 4) is 11.4 Å². The Hall–Kier alpha value is -1.75. The van der Waals surface area contributed by atoms with Gasteiger partial charge in [-0.25, -0.2) is 4.39 Å². The molecule has 0 saturated carbocycles. The highest BCUT2D eigenvalue weighted by molar-refractivity contribution is 5.53. The Balaban J connectivity index is 2.28. The van der Waals surface area contributed by atoms with Gasteiger partial charge in [-0.05, 0) is 24.3 Å². The average molecular weight is 221 g/mol. The van der Waals surface area contributed by atoms with Crippen molar-refractivity contribution in [1.29, 1.82) is 0 Å². The molecule has 2 N–H and O–H groups in total. The fourth-order valence-corrected chi connectivity index (χ4v) is 1.25.